The zero-order valence-electron chi connectivity index (χ0n) is 13.3. The Morgan fingerprint density at radius 1 is 1.30 bits per heavy atom. The van der Waals surface area contributed by atoms with Crippen molar-refractivity contribution in [2.45, 2.75) is 58.9 Å². The van der Waals surface area contributed by atoms with Crippen molar-refractivity contribution in [2.75, 3.05) is 18.0 Å². The molecule has 4 heteroatoms. The molecular formula is C16H27N3O. The molecule has 0 radical (unpaired) electrons. The van der Waals surface area contributed by atoms with E-state index in [1.54, 1.807) is 0 Å². The van der Waals surface area contributed by atoms with Gasteiger partial charge in [0.2, 0.25) is 0 Å². The van der Waals surface area contributed by atoms with Gasteiger partial charge in [0, 0.05) is 48.8 Å². The predicted molar refractivity (Wildman–Crippen MR) is 83.1 cm³/mol. The van der Waals surface area contributed by atoms with Gasteiger partial charge in [-0.2, -0.15) is 0 Å². The summed E-state index contributed by atoms with van der Waals surface area (Å²) in [6.07, 6.45) is 4.39. The molecule has 1 aliphatic rings. The second-order valence-corrected chi connectivity index (χ2v) is 6.77. The minimum atomic E-state index is 0.110. The van der Waals surface area contributed by atoms with E-state index in [1.165, 1.54) is 11.3 Å². The van der Waals surface area contributed by atoms with Crippen LogP contribution in [0.2, 0.25) is 0 Å². The molecule has 0 saturated carbocycles. The summed E-state index contributed by atoms with van der Waals surface area (Å²) in [5.41, 5.74) is 2.64. The average Bonchev–Trinajstić information content (AvgIpc) is 2.34. The van der Waals surface area contributed by atoms with E-state index >= 15 is 0 Å². The minimum Gasteiger partial charge on any atom is -0.372 e. The van der Waals surface area contributed by atoms with Crippen LogP contribution in [-0.2, 0) is 11.3 Å². The van der Waals surface area contributed by atoms with Crippen molar-refractivity contribution in [1.82, 2.24) is 10.3 Å². The molecule has 0 bridgehead atoms. The number of hydrogen-bond donors (Lipinski definition) is 1. The summed E-state index contributed by atoms with van der Waals surface area (Å²) >= 11 is 0. The van der Waals surface area contributed by atoms with Crippen LogP contribution in [0, 0.1) is 0 Å². The molecule has 4 nitrogen and oxygen atoms in total. The Labute approximate surface area is 122 Å². The van der Waals surface area contributed by atoms with Crippen molar-refractivity contribution in [2.24, 2.45) is 0 Å². The topological polar surface area (TPSA) is 37.4 Å². The van der Waals surface area contributed by atoms with Crippen LogP contribution in [0.4, 0.5) is 5.69 Å². The van der Waals surface area contributed by atoms with Gasteiger partial charge in [0.25, 0.3) is 0 Å². The molecule has 20 heavy (non-hydrogen) atoms. The lowest BCUT2D eigenvalue weighted by Crippen LogP contribution is -2.46. The lowest BCUT2D eigenvalue weighted by molar-refractivity contribution is -0.00527. The lowest BCUT2D eigenvalue weighted by Gasteiger charge is -2.38. The molecule has 0 unspecified atom stereocenters. The molecule has 0 aliphatic carbocycles. The van der Waals surface area contributed by atoms with Crippen molar-refractivity contribution in [3.63, 3.8) is 0 Å². The van der Waals surface area contributed by atoms with E-state index in [4.69, 9.17) is 4.74 Å². The number of anilines is 1. The van der Waals surface area contributed by atoms with Crippen LogP contribution in [-0.4, -0.2) is 35.8 Å². The first-order chi connectivity index (χ1) is 9.35. The smallest absolute Gasteiger partial charge is 0.0726 e. The molecule has 1 aliphatic heterocycles. The normalized spacial score (nSPS) is 23.9. The van der Waals surface area contributed by atoms with Gasteiger partial charge in [0.05, 0.1) is 12.2 Å². The predicted octanol–water partition coefficient (Wildman–Crippen LogP) is 2.58. The summed E-state index contributed by atoms with van der Waals surface area (Å²) in [5.74, 6) is 0. The highest BCUT2D eigenvalue weighted by Gasteiger charge is 2.24. The van der Waals surface area contributed by atoms with Crippen LogP contribution in [0.1, 0.15) is 40.2 Å². The van der Waals surface area contributed by atoms with Gasteiger partial charge in [-0.25, -0.2) is 0 Å². The summed E-state index contributed by atoms with van der Waals surface area (Å²) in [5, 5.41) is 3.54. The molecule has 1 aromatic heterocycles. The Hall–Kier alpha value is -1.13. The Kier molecular flexibility index (Phi) is 4.66. The first-order valence-corrected chi connectivity index (χ1v) is 7.43. The Balaban J connectivity index is 2.14. The average molecular weight is 277 g/mol. The van der Waals surface area contributed by atoms with Crippen LogP contribution in [0.15, 0.2) is 18.5 Å². The van der Waals surface area contributed by atoms with Gasteiger partial charge >= 0.3 is 0 Å². The maximum absolute atomic E-state index is 5.82. The molecule has 1 fully saturated rings. The van der Waals surface area contributed by atoms with E-state index in [1.807, 2.05) is 12.4 Å². The van der Waals surface area contributed by atoms with Crippen LogP contribution < -0.4 is 10.2 Å². The molecule has 0 amide bonds. The summed E-state index contributed by atoms with van der Waals surface area (Å²) < 4.78 is 5.82. The molecule has 2 atom stereocenters. The SMILES string of the molecule is C[C@@H]1CN(c2ccncc2CNC(C)(C)C)C[C@H](C)O1. The van der Waals surface area contributed by atoms with E-state index in [2.05, 4.69) is 55.9 Å². The third-order valence-electron chi connectivity index (χ3n) is 3.45. The second-order valence-electron chi connectivity index (χ2n) is 6.77. The fourth-order valence-corrected chi connectivity index (χ4v) is 2.60. The maximum atomic E-state index is 5.82. The Morgan fingerprint density at radius 3 is 2.55 bits per heavy atom. The van der Waals surface area contributed by atoms with E-state index in [0.29, 0.717) is 0 Å². The highest BCUT2D eigenvalue weighted by Crippen LogP contribution is 2.24. The van der Waals surface area contributed by atoms with Crippen molar-refractivity contribution < 1.29 is 4.74 Å². The standard InChI is InChI=1S/C16H27N3O/c1-12-10-19(11-13(2)20-12)15-6-7-17-8-14(15)9-18-16(3,4)5/h6-8,12-13,18H,9-11H2,1-5H3/t12-,13+. The van der Waals surface area contributed by atoms with E-state index in [9.17, 15) is 0 Å². The molecule has 1 saturated heterocycles. The highest BCUT2D eigenvalue weighted by molar-refractivity contribution is 5.52. The molecule has 112 valence electrons. The van der Waals surface area contributed by atoms with E-state index in [0.717, 1.165) is 19.6 Å². The van der Waals surface area contributed by atoms with Gasteiger partial charge in [-0.1, -0.05) is 0 Å². The van der Waals surface area contributed by atoms with Crippen LogP contribution in [0.25, 0.3) is 0 Å². The monoisotopic (exact) mass is 277 g/mol. The Morgan fingerprint density at radius 2 is 1.95 bits per heavy atom. The summed E-state index contributed by atoms with van der Waals surface area (Å²) in [4.78, 5) is 6.70. The largest absolute Gasteiger partial charge is 0.372 e. The number of ether oxygens (including phenoxy) is 1. The van der Waals surface area contributed by atoms with E-state index < -0.39 is 0 Å². The molecule has 0 spiro atoms. The summed E-state index contributed by atoms with van der Waals surface area (Å²) in [7, 11) is 0. The number of rotatable bonds is 3. The number of nitrogens with zero attached hydrogens (tertiary/aromatic N) is 2. The van der Waals surface area contributed by atoms with Gasteiger partial charge < -0.3 is 15.0 Å². The number of aromatic nitrogens is 1. The third kappa shape index (κ3) is 4.18. The van der Waals surface area contributed by atoms with Gasteiger partial charge in [-0.15, -0.1) is 0 Å². The van der Waals surface area contributed by atoms with Gasteiger partial charge in [-0.3, -0.25) is 4.98 Å². The van der Waals surface area contributed by atoms with Gasteiger partial charge in [0.15, 0.2) is 0 Å². The van der Waals surface area contributed by atoms with Gasteiger partial charge in [0.1, 0.15) is 0 Å². The zero-order valence-corrected chi connectivity index (χ0v) is 13.3. The minimum absolute atomic E-state index is 0.110. The molecule has 0 aromatic carbocycles. The molecule has 2 heterocycles. The molecule has 2 rings (SSSR count). The summed E-state index contributed by atoms with van der Waals surface area (Å²) in [6, 6.07) is 2.12. The number of nitrogens with one attached hydrogen (secondary N) is 1. The quantitative estimate of drug-likeness (QED) is 0.921. The zero-order chi connectivity index (χ0) is 14.8. The van der Waals surface area contributed by atoms with Crippen molar-refractivity contribution >= 4 is 5.69 Å². The van der Waals surface area contributed by atoms with Crippen molar-refractivity contribution in [1.29, 1.82) is 0 Å². The van der Waals surface area contributed by atoms with Crippen LogP contribution in [0.3, 0.4) is 0 Å². The van der Waals surface area contributed by atoms with Crippen molar-refractivity contribution in [3.05, 3.63) is 24.0 Å². The summed E-state index contributed by atoms with van der Waals surface area (Å²) in [6.45, 7) is 13.5. The van der Waals surface area contributed by atoms with Crippen LogP contribution in [0.5, 0.6) is 0 Å². The Bertz CT molecular complexity index is 432. The first kappa shape index (κ1) is 15.3. The first-order valence-electron chi connectivity index (χ1n) is 7.43. The van der Waals surface area contributed by atoms with E-state index in [-0.39, 0.29) is 17.7 Å². The van der Waals surface area contributed by atoms with Gasteiger partial charge in [-0.05, 0) is 40.7 Å². The van der Waals surface area contributed by atoms with Crippen molar-refractivity contribution in [3.8, 4) is 0 Å². The second kappa shape index (κ2) is 6.10. The number of pyridine rings is 1. The van der Waals surface area contributed by atoms with Crippen LogP contribution >= 0.6 is 0 Å². The highest BCUT2D eigenvalue weighted by atomic mass is 16.5. The number of morpholine rings is 1. The molecule has 1 N–H and O–H groups in total. The maximum Gasteiger partial charge on any atom is 0.0726 e. The molecule has 1 aromatic rings. The number of hydrogen-bond acceptors (Lipinski definition) is 4. The molecular weight excluding hydrogens is 250 g/mol. The fourth-order valence-electron chi connectivity index (χ4n) is 2.60. The fraction of sp³-hybridized carbons (Fsp3) is 0.688. The third-order valence-corrected chi connectivity index (χ3v) is 3.45. The lowest BCUT2D eigenvalue weighted by atomic mass is 10.1.